The minimum Gasteiger partial charge on any atom is -0.346 e. The van der Waals surface area contributed by atoms with E-state index < -0.39 is 11.8 Å². The van der Waals surface area contributed by atoms with Crippen molar-refractivity contribution in [1.82, 2.24) is 16.2 Å². The molecule has 0 unspecified atom stereocenters. The molecule has 1 heterocycles. The highest BCUT2D eigenvalue weighted by Gasteiger charge is 2.18. The number of hydrogen-bond acceptors (Lipinski definition) is 4. The summed E-state index contributed by atoms with van der Waals surface area (Å²) >= 11 is 1.47. The fourth-order valence-electron chi connectivity index (χ4n) is 2.52. The third-order valence-electron chi connectivity index (χ3n) is 3.64. The topological polar surface area (TPSA) is 87.3 Å². The average molecular weight is 337 g/mol. The third-order valence-corrected chi connectivity index (χ3v) is 4.87. The summed E-state index contributed by atoms with van der Waals surface area (Å²) in [6.45, 7) is 3.51. The van der Waals surface area contributed by atoms with E-state index in [9.17, 15) is 14.4 Å². The summed E-state index contributed by atoms with van der Waals surface area (Å²) in [5.41, 5.74) is 5.69. The molecular formula is C16H23N3O3S. The van der Waals surface area contributed by atoms with Gasteiger partial charge in [-0.2, -0.15) is 0 Å². The van der Waals surface area contributed by atoms with Crippen LogP contribution in [0.5, 0.6) is 0 Å². The number of rotatable bonds is 2. The van der Waals surface area contributed by atoms with E-state index in [1.54, 1.807) is 13.8 Å². The van der Waals surface area contributed by atoms with Gasteiger partial charge in [-0.25, -0.2) is 0 Å². The van der Waals surface area contributed by atoms with Gasteiger partial charge in [-0.05, 0) is 51.2 Å². The molecule has 0 aliphatic heterocycles. The average Bonchev–Trinajstić information content (AvgIpc) is 2.86. The van der Waals surface area contributed by atoms with Crippen molar-refractivity contribution < 1.29 is 14.4 Å². The smallest absolute Gasteiger partial charge is 0.327 e. The van der Waals surface area contributed by atoms with Crippen LogP contribution >= 0.6 is 11.3 Å². The quantitative estimate of drug-likeness (QED) is 0.567. The predicted octanol–water partition coefficient (Wildman–Crippen LogP) is 1.69. The summed E-state index contributed by atoms with van der Waals surface area (Å²) in [4.78, 5) is 37.0. The van der Waals surface area contributed by atoms with E-state index in [1.165, 1.54) is 34.6 Å². The van der Waals surface area contributed by atoms with Gasteiger partial charge in [0.05, 0.1) is 4.88 Å². The Morgan fingerprint density at radius 2 is 1.70 bits per heavy atom. The molecule has 7 heteroatoms. The first kappa shape index (κ1) is 17.5. The number of carbonyl (C=O) groups excluding carboxylic acids is 3. The van der Waals surface area contributed by atoms with Crippen LogP contribution in [-0.4, -0.2) is 23.8 Å². The molecule has 0 fully saturated rings. The van der Waals surface area contributed by atoms with E-state index in [0.717, 1.165) is 25.7 Å². The molecule has 1 aromatic heterocycles. The molecule has 6 nitrogen and oxygen atoms in total. The number of carbonyl (C=O) groups is 3. The van der Waals surface area contributed by atoms with Crippen LogP contribution < -0.4 is 16.2 Å². The SMILES string of the molecule is CC(C)NC(=O)C(=O)NNC(=O)c1cc2c(s1)CCCCCC2. The second-order valence-corrected chi connectivity index (χ2v) is 7.15. The normalized spacial score (nSPS) is 14.4. The highest BCUT2D eigenvalue weighted by atomic mass is 32.1. The minimum atomic E-state index is -0.873. The van der Waals surface area contributed by atoms with Gasteiger partial charge in [0.2, 0.25) is 0 Å². The van der Waals surface area contributed by atoms with Crippen LogP contribution in [0.4, 0.5) is 0 Å². The number of aryl methyl sites for hydroxylation is 2. The summed E-state index contributed by atoms with van der Waals surface area (Å²) in [7, 11) is 0. The van der Waals surface area contributed by atoms with Crippen LogP contribution in [0.1, 0.15) is 59.6 Å². The lowest BCUT2D eigenvalue weighted by atomic mass is 10.00. The zero-order valence-electron chi connectivity index (χ0n) is 13.5. The predicted molar refractivity (Wildman–Crippen MR) is 89.1 cm³/mol. The summed E-state index contributed by atoms with van der Waals surface area (Å²) < 4.78 is 0. The van der Waals surface area contributed by atoms with Crippen molar-refractivity contribution in [2.45, 2.75) is 58.4 Å². The van der Waals surface area contributed by atoms with Crippen LogP contribution in [0.2, 0.25) is 0 Å². The zero-order valence-corrected chi connectivity index (χ0v) is 14.3. The monoisotopic (exact) mass is 337 g/mol. The van der Waals surface area contributed by atoms with Gasteiger partial charge in [0, 0.05) is 10.9 Å². The number of nitrogens with one attached hydrogen (secondary N) is 3. The van der Waals surface area contributed by atoms with E-state index in [4.69, 9.17) is 0 Å². The Morgan fingerprint density at radius 1 is 1.00 bits per heavy atom. The Bertz CT molecular complexity index is 570. The summed E-state index contributed by atoms with van der Waals surface area (Å²) in [5, 5.41) is 2.46. The van der Waals surface area contributed by atoms with Crippen molar-refractivity contribution in [2.24, 2.45) is 0 Å². The molecule has 2 rings (SSSR count). The number of amides is 3. The van der Waals surface area contributed by atoms with Gasteiger partial charge < -0.3 is 5.32 Å². The van der Waals surface area contributed by atoms with Gasteiger partial charge >= 0.3 is 11.8 Å². The Labute approximate surface area is 140 Å². The fourth-order valence-corrected chi connectivity index (χ4v) is 3.66. The first-order valence-electron chi connectivity index (χ1n) is 8.00. The maximum atomic E-state index is 12.1. The number of hydrogen-bond donors (Lipinski definition) is 3. The summed E-state index contributed by atoms with van der Waals surface area (Å²) in [5.74, 6) is -2.02. The molecular weight excluding hydrogens is 314 g/mol. The highest BCUT2D eigenvalue weighted by molar-refractivity contribution is 7.14. The Kier molecular flexibility index (Phi) is 6.15. The van der Waals surface area contributed by atoms with Crippen LogP contribution in [-0.2, 0) is 22.4 Å². The van der Waals surface area contributed by atoms with Gasteiger partial charge in [0.25, 0.3) is 5.91 Å². The van der Waals surface area contributed by atoms with Crippen LogP contribution in [0, 0.1) is 0 Å². The molecule has 1 aliphatic rings. The molecule has 0 saturated heterocycles. The second-order valence-electron chi connectivity index (χ2n) is 6.01. The molecule has 0 atom stereocenters. The molecule has 3 N–H and O–H groups in total. The van der Waals surface area contributed by atoms with Gasteiger partial charge in [-0.3, -0.25) is 25.2 Å². The van der Waals surface area contributed by atoms with E-state index in [2.05, 4.69) is 16.2 Å². The van der Waals surface area contributed by atoms with E-state index in [0.29, 0.717) is 4.88 Å². The first-order valence-corrected chi connectivity index (χ1v) is 8.81. The van der Waals surface area contributed by atoms with Crippen LogP contribution in [0.25, 0.3) is 0 Å². The largest absolute Gasteiger partial charge is 0.346 e. The van der Waals surface area contributed by atoms with Crippen molar-refractivity contribution in [1.29, 1.82) is 0 Å². The lowest BCUT2D eigenvalue weighted by Crippen LogP contribution is -2.49. The number of fused-ring (bicyclic) bond motifs is 1. The molecule has 3 amide bonds. The molecule has 0 spiro atoms. The van der Waals surface area contributed by atoms with Gasteiger partial charge in [0.1, 0.15) is 0 Å². The van der Waals surface area contributed by atoms with Gasteiger partial charge in [-0.1, -0.05) is 12.8 Å². The van der Waals surface area contributed by atoms with Gasteiger partial charge in [0.15, 0.2) is 0 Å². The molecule has 1 aromatic rings. The zero-order chi connectivity index (χ0) is 16.8. The fraction of sp³-hybridized carbons (Fsp3) is 0.562. The maximum absolute atomic E-state index is 12.1. The van der Waals surface area contributed by atoms with Crippen LogP contribution in [0.3, 0.4) is 0 Å². The Balaban J connectivity index is 1.92. The first-order chi connectivity index (χ1) is 11.0. The molecule has 0 radical (unpaired) electrons. The third kappa shape index (κ3) is 5.06. The van der Waals surface area contributed by atoms with Crippen LogP contribution in [0.15, 0.2) is 6.07 Å². The molecule has 0 saturated carbocycles. The Morgan fingerprint density at radius 3 is 2.39 bits per heavy atom. The Hall–Kier alpha value is -1.89. The lowest BCUT2D eigenvalue weighted by Gasteiger charge is -2.09. The second kappa shape index (κ2) is 8.10. The summed E-state index contributed by atoms with van der Waals surface area (Å²) in [6, 6.07) is 1.77. The molecule has 0 bridgehead atoms. The van der Waals surface area contributed by atoms with Gasteiger partial charge in [-0.15, -0.1) is 11.3 Å². The lowest BCUT2D eigenvalue weighted by molar-refractivity contribution is -0.139. The standard InChI is InChI=1S/C16H23N3O3S/c1-10(2)17-15(21)16(22)19-18-14(20)13-9-11-7-5-3-4-6-8-12(11)23-13/h9-10H,3-8H2,1-2H3,(H,17,21)(H,18,20)(H,19,22). The van der Waals surface area contributed by atoms with E-state index in [1.807, 2.05) is 6.07 Å². The number of thiophene rings is 1. The van der Waals surface area contributed by atoms with Crippen molar-refractivity contribution in [3.8, 4) is 0 Å². The molecule has 23 heavy (non-hydrogen) atoms. The van der Waals surface area contributed by atoms with Crippen molar-refractivity contribution >= 4 is 29.1 Å². The van der Waals surface area contributed by atoms with Crippen molar-refractivity contribution in [2.75, 3.05) is 0 Å². The minimum absolute atomic E-state index is 0.138. The summed E-state index contributed by atoms with van der Waals surface area (Å²) in [6.07, 6.45) is 6.79. The van der Waals surface area contributed by atoms with E-state index >= 15 is 0 Å². The van der Waals surface area contributed by atoms with E-state index in [-0.39, 0.29) is 11.9 Å². The highest BCUT2D eigenvalue weighted by Crippen LogP contribution is 2.28. The molecule has 126 valence electrons. The number of hydrazine groups is 1. The molecule has 1 aliphatic carbocycles. The molecule has 0 aromatic carbocycles. The van der Waals surface area contributed by atoms with Crippen molar-refractivity contribution in [3.05, 3.63) is 21.4 Å². The van der Waals surface area contributed by atoms with Crippen molar-refractivity contribution in [3.63, 3.8) is 0 Å². The maximum Gasteiger partial charge on any atom is 0.327 e.